The summed E-state index contributed by atoms with van der Waals surface area (Å²) in [7, 11) is 1.40. The quantitative estimate of drug-likeness (QED) is 0.206. The first-order valence-electron chi connectivity index (χ1n) is 10.5. The summed E-state index contributed by atoms with van der Waals surface area (Å²) < 4.78 is 52.5. The Balaban J connectivity index is 1.59. The molecule has 0 aliphatic rings. The monoisotopic (exact) mass is 501 g/mol. The van der Waals surface area contributed by atoms with Crippen molar-refractivity contribution < 1.29 is 32.2 Å². The van der Waals surface area contributed by atoms with Gasteiger partial charge in [-0.15, -0.1) is 0 Å². The number of carbonyl (C=O) groups is 2. The number of rotatable bonds is 5. The fourth-order valence-corrected chi connectivity index (χ4v) is 3.80. The van der Waals surface area contributed by atoms with Gasteiger partial charge in [0, 0.05) is 22.7 Å². The van der Waals surface area contributed by atoms with Crippen molar-refractivity contribution >= 4 is 39.9 Å². The first-order chi connectivity index (χ1) is 17.0. The van der Waals surface area contributed by atoms with Gasteiger partial charge in [0.25, 0.3) is 5.91 Å². The Bertz CT molecular complexity index is 1460. The molecule has 1 atom stereocenters. The van der Waals surface area contributed by atoms with E-state index in [9.17, 15) is 32.4 Å². The molecule has 186 valence electrons. The van der Waals surface area contributed by atoms with Crippen molar-refractivity contribution in [3.8, 4) is 11.1 Å². The normalized spacial score (nSPS) is 12.4. The number of halogens is 4. The van der Waals surface area contributed by atoms with E-state index >= 15 is 0 Å². The molecule has 3 aromatic carbocycles. The van der Waals surface area contributed by atoms with E-state index in [1.807, 2.05) is 0 Å². The van der Waals surface area contributed by atoms with Gasteiger partial charge in [-0.2, -0.15) is 13.2 Å². The molecule has 6 N–H and O–H groups in total. The van der Waals surface area contributed by atoms with Crippen molar-refractivity contribution in [2.24, 2.45) is 5.73 Å². The lowest BCUT2D eigenvalue weighted by atomic mass is 10.0. The average Bonchev–Trinajstić information content (AvgIpc) is 3.20. The summed E-state index contributed by atoms with van der Waals surface area (Å²) >= 11 is 0. The zero-order valence-corrected chi connectivity index (χ0v) is 18.6. The first kappa shape index (κ1) is 24.7. The van der Waals surface area contributed by atoms with Crippen molar-refractivity contribution in [2.45, 2.75) is 6.18 Å². The van der Waals surface area contributed by atoms with Gasteiger partial charge >= 0.3 is 12.2 Å². The van der Waals surface area contributed by atoms with Gasteiger partial charge in [0.05, 0.1) is 18.3 Å². The molecule has 8 nitrogen and oxygen atoms in total. The molecule has 0 spiro atoms. The number of H-pyrrole nitrogens is 1. The van der Waals surface area contributed by atoms with Crippen LogP contribution in [0.3, 0.4) is 0 Å². The van der Waals surface area contributed by atoms with Crippen LogP contribution in [0.2, 0.25) is 0 Å². The molecule has 1 heterocycles. The summed E-state index contributed by atoms with van der Waals surface area (Å²) in [6.45, 7) is 0. The molecule has 12 heteroatoms. The number of hydrogen-bond donors (Lipinski definition) is 5. The fourth-order valence-electron chi connectivity index (χ4n) is 3.80. The standard InChI is InChI=1S/C24H19F4N5O3/c1-33(36)18-4-2-3-15-19(21(22(29)34)32-20(15)18)12-5-8-14(9-6-12)30-23(35)31-17-11-13(24(26,27)28)7-10-16(17)25/h2-11,32-33H,1H3,(H2,29,34)(H2,30,31,35). The molecule has 36 heavy (non-hydrogen) atoms. The maximum Gasteiger partial charge on any atom is 0.416 e. The summed E-state index contributed by atoms with van der Waals surface area (Å²) in [6, 6.07) is 11.9. The highest BCUT2D eigenvalue weighted by Gasteiger charge is 2.31. The summed E-state index contributed by atoms with van der Waals surface area (Å²) in [6.07, 6.45) is -4.70. The SMILES string of the molecule is C[NH+]([O-])c1cccc2c(-c3ccc(NC(=O)Nc4cc(C(F)(F)F)ccc4F)cc3)c(C(N)=O)[nH]c12. The lowest BCUT2D eigenvalue weighted by molar-refractivity contribution is -0.750. The van der Waals surface area contributed by atoms with Crippen LogP contribution in [-0.2, 0) is 6.18 Å². The van der Waals surface area contributed by atoms with Crippen LogP contribution in [0.1, 0.15) is 16.1 Å². The Hall–Kier alpha value is -4.42. The zero-order chi connectivity index (χ0) is 26.2. The summed E-state index contributed by atoms with van der Waals surface area (Å²) in [5.41, 5.74) is 5.98. The molecule has 0 saturated carbocycles. The molecule has 3 amide bonds. The number of fused-ring (bicyclic) bond motifs is 1. The highest BCUT2D eigenvalue weighted by molar-refractivity contribution is 6.11. The molecule has 0 aliphatic carbocycles. The Labute approximate surface area is 201 Å². The topological polar surface area (TPSA) is 128 Å². The number of aromatic amines is 1. The molecular weight excluding hydrogens is 482 g/mol. The molecule has 4 rings (SSSR count). The van der Waals surface area contributed by atoms with Crippen molar-refractivity contribution in [1.29, 1.82) is 0 Å². The van der Waals surface area contributed by atoms with E-state index in [-0.39, 0.29) is 16.4 Å². The largest absolute Gasteiger partial charge is 0.629 e. The van der Waals surface area contributed by atoms with Crippen LogP contribution in [0.5, 0.6) is 0 Å². The Morgan fingerprint density at radius 3 is 2.33 bits per heavy atom. The molecule has 0 bridgehead atoms. The van der Waals surface area contributed by atoms with E-state index in [0.717, 1.165) is 0 Å². The van der Waals surface area contributed by atoms with Crippen molar-refractivity contribution in [2.75, 3.05) is 17.7 Å². The number of aromatic nitrogens is 1. The lowest BCUT2D eigenvalue weighted by Crippen LogP contribution is -2.98. The van der Waals surface area contributed by atoms with Crippen LogP contribution in [-0.4, -0.2) is 24.0 Å². The minimum absolute atomic E-state index is 0.0946. The number of benzene rings is 3. The second-order valence-corrected chi connectivity index (χ2v) is 7.87. The van der Waals surface area contributed by atoms with E-state index in [1.54, 1.807) is 30.3 Å². The minimum Gasteiger partial charge on any atom is -0.629 e. The second kappa shape index (κ2) is 9.32. The number of nitrogens with two attached hydrogens (primary N) is 1. The van der Waals surface area contributed by atoms with E-state index < -0.39 is 35.2 Å². The Morgan fingerprint density at radius 2 is 1.72 bits per heavy atom. The van der Waals surface area contributed by atoms with Gasteiger partial charge in [-0.1, -0.05) is 24.3 Å². The lowest BCUT2D eigenvalue weighted by Gasteiger charge is -2.16. The van der Waals surface area contributed by atoms with Crippen molar-refractivity contribution in [3.63, 3.8) is 0 Å². The van der Waals surface area contributed by atoms with Crippen molar-refractivity contribution in [1.82, 2.24) is 4.98 Å². The number of urea groups is 1. The van der Waals surface area contributed by atoms with Crippen LogP contribution < -0.4 is 21.4 Å². The third kappa shape index (κ3) is 4.85. The summed E-state index contributed by atoms with van der Waals surface area (Å²) in [4.78, 5) is 27.3. The number of hydrogen-bond acceptors (Lipinski definition) is 3. The second-order valence-electron chi connectivity index (χ2n) is 7.87. The summed E-state index contributed by atoms with van der Waals surface area (Å²) in [5.74, 6) is -1.77. The van der Waals surface area contributed by atoms with E-state index in [0.29, 0.717) is 45.9 Å². The number of nitrogens with one attached hydrogen (secondary N) is 4. The number of amides is 3. The zero-order valence-electron chi connectivity index (χ0n) is 18.6. The van der Waals surface area contributed by atoms with Gasteiger partial charge in [0.1, 0.15) is 17.0 Å². The van der Waals surface area contributed by atoms with E-state index in [1.165, 1.54) is 19.2 Å². The van der Waals surface area contributed by atoms with Gasteiger partial charge in [0.2, 0.25) is 0 Å². The van der Waals surface area contributed by atoms with Gasteiger partial charge in [-0.05, 0) is 35.9 Å². The van der Waals surface area contributed by atoms with Crippen LogP contribution >= 0.6 is 0 Å². The number of anilines is 2. The molecule has 0 saturated heterocycles. The van der Waals surface area contributed by atoms with Crippen molar-refractivity contribution in [3.05, 3.63) is 82.9 Å². The number of quaternary nitrogens is 1. The predicted molar refractivity (Wildman–Crippen MR) is 126 cm³/mol. The molecular formula is C24H19F4N5O3. The number of para-hydroxylation sites is 1. The minimum atomic E-state index is -4.70. The molecule has 0 radical (unpaired) electrons. The maximum absolute atomic E-state index is 13.9. The highest BCUT2D eigenvalue weighted by Crippen LogP contribution is 2.35. The smallest absolute Gasteiger partial charge is 0.416 e. The van der Waals surface area contributed by atoms with Crippen LogP contribution in [0.4, 0.5) is 39.4 Å². The third-order valence-electron chi connectivity index (χ3n) is 5.43. The predicted octanol–water partition coefficient (Wildman–Crippen LogP) is 4.38. The summed E-state index contributed by atoms with van der Waals surface area (Å²) in [5, 5.41) is 16.8. The molecule has 1 unspecified atom stereocenters. The van der Waals surface area contributed by atoms with E-state index in [2.05, 4.69) is 15.6 Å². The number of alkyl halides is 3. The molecule has 0 fully saturated rings. The highest BCUT2D eigenvalue weighted by atomic mass is 19.4. The fraction of sp³-hybridized carbons (Fsp3) is 0.0833. The molecule has 1 aromatic heterocycles. The number of carbonyl (C=O) groups excluding carboxylic acids is 2. The van der Waals surface area contributed by atoms with Crippen LogP contribution in [0.25, 0.3) is 22.0 Å². The maximum atomic E-state index is 13.9. The van der Waals surface area contributed by atoms with Gasteiger partial charge in [-0.3, -0.25) is 4.79 Å². The van der Waals surface area contributed by atoms with Gasteiger partial charge < -0.3 is 31.6 Å². The third-order valence-corrected chi connectivity index (χ3v) is 5.43. The Morgan fingerprint density at radius 1 is 1.03 bits per heavy atom. The van der Waals surface area contributed by atoms with Crippen LogP contribution in [0, 0.1) is 11.0 Å². The Kier molecular flexibility index (Phi) is 6.39. The number of hydroxylamine groups is 1. The van der Waals surface area contributed by atoms with E-state index in [4.69, 9.17) is 5.73 Å². The van der Waals surface area contributed by atoms with Gasteiger partial charge in [0.15, 0.2) is 5.69 Å². The molecule has 0 aliphatic heterocycles. The van der Waals surface area contributed by atoms with Crippen LogP contribution in [0.15, 0.2) is 60.7 Å². The average molecular weight is 501 g/mol. The number of primary amides is 1. The first-order valence-corrected chi connectivity index (χ1v) is 10.5. The van der Waals surface area contributed by atoms with Gasteiger partial charge in [-0.25, -0.2) is 9.18 Å². The molecule has 4 aromatic rings.